The van der Waals surface area contributed by atoms with E-state index in [1.165, 1.54) is 0 Å². The average Bonchev–Trinajstić information content (AvgIpc) is 3.21. The van der Waals surface area contributed by atoms with Gasteiger partial charge in [0.25, 0.3) is 0 Å². The number of furan rings is 1. The maximum Gasteiger partial charge on any atom is 0.221 e. The van der Waals surface area contributed by atoms with Gasteiger partial charge in [-0.25, -0.2) is 8.42 Å². The quantitative estimate of drug-likeness (QED) is 0.454. The number of hydrogen-bond acceptors (Lipinski definition) is 4. The fraction of sp³-hybridized carbons (Fsp3) is 0.160. The Morgan fingerprint density at radius 3 is 2.32 bits per heavy atom. The first-order valence-electron chi connectivity index (χ1n) is 10.0. The number of amides is 1. The van der Waals surface area contributed by atoms with Gasteiger partial charge in [-0.3, -0.25) is 4.79 Å². The monoisotopic (exact) mass is 433 g/mol. The van der Waals surface area contributed by atoms with Gasteiger partial charge in [0, 0.05) is 11.8 Å². The molecular formula is C25H23NO4S. The van der Waals surface area contributed by atoms with Gasteiger partial charge in [-0.1, -0.05) is 66.2 Å². The van der Waals surface area contributed by atoms with E-state index in [2.05, 4.69) is 5.32 Å². The molecule has 0 radical (unpaired) electrons. The largest absolute Gasteiger partial charge is 0.459 e. The molecular weight excluding hydrogens is 410 g/mol. The van der Waals surface area contributed by atoms with Crippen molar-refractivity contribution in [1.29, 1.82) is 0 Å². The van der Waals surface area contributed by atoms with Gasteiger partial charge in [0.1, 0.15) is 17.4 Å². The highest BCUT2D eigenvalue weighted by atomic mass is 32.2. The lowest BCUT2D eigenvalue weighted by Gasteiger charge is -2.17. The molecule has 6 heteroatoms. The second kappa shape index (κ2) is 8.78. The van der Waals surface area contributed by atoms with Crippen molar-refractivity contribution in [3.63, 3.8) is 0 Å². The van der Waals surface area contributed by atoms with E-state index in [-0.39, 0.29) is 23.0 Å². The first-order chi connectivity index (χ1) is 14.9. The molecule has 4 rings (SSSR count). The molecule has 0 aliphatic rings. The zero-order chi connectivity index (χ0) is 21.8. The van der Waals surface area contributed by atoms with Crippen molar-refractivity contribution in [2.45, 2.75) is 24.3 Å². The van der Waals surface area contributed by atoms with Crippen LogP contribution in [-0.2, 0) is 14.6 Å². The summed E-state index contributed by atoms with van der Waals surface area (Å²) in [6.07, 6.45) is -0.139. The topological polar surface area (TPSA) is 76.4 Å². The summed E-state index contributed by atoms with van der Waals surface area (Å²) in [5, 5.41) is 3.89. The van der Waals surface area contributed by atoms with Crippen molar-refractivity contribution in [3.05, 3.63) is 102 Å². The number of rotatable bonds is 7. The summed E-state index contributed by atoms with van der Waals surface area (Å²) in [7, 11) is -3.54. The Morgan fingerprint density at radius 2 is 1.61 bits per heavy atom. The molecule has 0 saturated heterocycles. The number of aryl methyl sites for hydroxylation is 1. The van der Waals surface area contributed by atoms with E-state index in [9.17, 15) is 13.2 Å². The minimum atomic E-state index is -3.54. The Kier molecular flexibility index (Phi) is 5.91. The Labute approximate surface area is 181 Å². The molecule has 158 valence electrons. The van der Waals surface area contributed by atoms with Crippen LogP contribution >= 0.6 is 0 Å². The van der Waals surface area contributed by atoms with E-state index in [1.54, 1.807) is 24.3 Å². The lowest BCUT2D eigenvalue weighted by atomic mass is 10.0. The minimum Gasteiger partial charge on any atom is -0.459 e. The number of carbonyl (C=O) groups is 1. The molecule has 0 unspecified atom stereocenters. The first-order valence-corrected chi connectivity index (χ1v) is 11.7. The highest BCUT2D eigenvalue weighted by Gasteiger charge is 2.22. The molecule has 5 nitrogen and oxygen atoms in total. The molecule has 3 aromatic carbocycles. The summed E-state index contributed by atoms with van der Waals surface area (Å²) in [6, 6.07) is 25.1. The first kappa shape index (κ1) is 20.9. The van der Waals surface area contributed by atoms with Crippen LogP contribution in [0.5, 0.6) is 0 Å². The molecule has 0 spiro atoms. The summed E-state index contributed by atoms with van der Waals surface area (Å²) >= 11 is 0. The van der Waals surface area contributed by atoms with Crippen LogP contribution in [0.2, 0.25) is 0 Å². The van der Waals surface area contributed by atoms with Crippen molar-refractivity contribution >= 4 is 26.7 Å². The summed E-state index contributed by atoms with van der Waals surface area (Å²) in [4.78, 5) is 13.0. The summed E-state index contributed by atoms with van der Waals surface area (Å²) in [6.45, 7) is 1.89. The van der Waals surface area contributed by atoms with E-state index < -0.39 is 15.9 Å². The third-order valence-corrected chi connectivity index (χ3v) is 6.88. The van der Waals surface area contributed by atoms with Crippen LogP contribution in [-0.4, -0.2) is 20.1 Å². The van der Waals surface area contributed by atoms with E-state index in [1.807, 2.05) is 67.6 Å². The van der Waals surface area contributed by atoms with Crippen LogP contribution < -0.4 is 5.32 Å². The number of para-hydroxylation sites is 1. The van der Waals surface area contributed by atoms with E-state index in [0.29, 0.717) is 5.76 Å². The zero-order valence-electron chi connectivity index (χ0n) is 17.1. The predicted molar refractivity (Wildman–Crippen MR) is 120 cm³/mol. The Morgan fingerprint density at radius 1 is 0.935 bits per heavy atom. The van der Waals surface area contributed by atoms with E-state index in [4.69, 9.17) is 4.42 Å². The molecule has 1 N–H and O–H groups in total. The van der Waals surface area contributed by atoms with Crippen molar-refractivity contribution in [1.82, 2.24) is 5.32 Å². The van der Waals surface area contributed by atoms with Crippen LogP contribution in [0.15, 0.2) is 94.2 Å². The number of nitrogens with one attached hydrogen (secondary N) is 1. The Bertz CT molecular complexity index is 1260. The van der Waals surface area contributed by atoms with Gasteiger partial charge in [0.05, 0.1) is 10.6 Å². The third-order valence-electron chi connectivity index (χ3n) is 5.15. The highest BCUT2D eigenvalue weighted by Crippen LogP contribution is 2.28. The number of benzene rings is 3. The predicted octanol–water partition coefficient (Wildman–Crippen LogP) is 4.81. The SMILES string of the molecule is Cc1ccc(S(=O)(=O)CCC(=O)N[C@H](c2ccccc2)c2cc3ccccc3o2)cc1. The van der Waals surface area contributed by atoms with Crippen molar-refractivity contribution < 1.29 is 17.6 Å². The molecule has 1 aromatic heterocycles. The van der Waals surface area contributed by atoms with Crippen LogP contribution in [0, 0.1) is 6.92 Å². The second-order valence-electron chi connectivity index (χ2n) is 7.48. The maximum absolute atomic E-state index is 12.7. The molecule has 0 fully saturated rings. The fourth-order valence-electron chi connectivity index (χ4n) is 3.43. The van der Waals surface area contributed by atoms with Crippen molar-refractivity contribution in [2.75, 3.05) is 5.75 Å². The van der Waals surface area contributed by atoms with Crippen LogP contribution in [0.4, 0.5) is 0 Å². The maximum atomic E-state index is 12.7. The van der Waals surface area contributed by atoms with Crippen LogP contribution in [0.25, 0.3) is 11.0 Å². The lowest BCUT2D eigenvalue weighted by Crippen LogP contribution is -2.30. The van der Waals surface area contributed by atoms with Crippen LogP contribution in [0.1, 0.15) is 29.3 Å². The standard InChI is InChI=1S/C25H23NO4S/c1-18-11-13-21(14-12-18)31(28,29)16-15-24(27)26-25(19-7-3-2-4-8-19)23-17-20-9-5-6-10-22(20)30-23/h2-14,17,25H,15-16H2,1H3,(H,26,27)/t25-/m1/s1. The molecule has 1 amide bonds. The van der Waals surface area contributed by atoms with Crippen molar-refractivity contribution in [2.24, 2.45) is 0 Å². The zero-order valence-corrected chi connectivity index (χ0v) is 17.9. The van der Waals surface area contributed by atoms with Gasteiger partial charge in [-0.15, -0.1) is 0 Å². The van der Waals surface area contributed by atoms with Gasteiger partial charge in [0.15, 0.2) is 9.84 Å². The molecule has 31 heavy (non-hydrogen) atoms. The molecule has 1 atom stereocenters. The van der Waals surface area contributed by atoms with Crippen LogP contribution in [0.3, 0.4) is 0 Å². The van der Waals surface area contributed by atoms with Gasteiger partial charge >= 0.3 is 0 Å². The Balaban J connectivity index is 1.53. The number of sulfone groups is 1. The highest BCUT2D eigenvalue weighted by molar-refractivity contribution is 7.91. The Hall–Kier alpha value is -3.38. The number of carbonyl (C=O) groups excluding carboxylic acids is 1. The van der Waals surface area contributed by atoms with Gasteiger partial charge < -0.3 is 9.73 Å². The normalized spacial score (nSPS) is 12.5. The molecule has 0 aliphatic heterocycles. The molecule has 0 bridgehead atoms. The lowest BCUT2D eigenvalue weighted by molar-refractivity contribution is -0.121. The summed E-state index contributed by atoms with van der Waals surface area (Å²) in [5.74, 6) is -0.0177. The van der Waals surface area contributed by atoms with Gasteiger partial charge in [-0.05, 0) is 36.8 Å². The van der Waals surface area contributed by atoms with Gasteiger partial charge in [-0.2, -0.15) is 0 Å². The number of fused-ring (bicyclic) bond motifs is 1. The number of hydrogen-bond donors (Lipinski definition) is 1. The van der Waals surface area contributed by atoms with E-state index >= 15 is 0 Å². The summed E-state index contributed by atoms with van der Waals surface area (Å²) < 4.78 is 31.2. The molecule has 0 saturated carbocycles. The third kappa shape index (κ3) is 4.86. The second-order valence-corrected chi connectivity index (χ2v) is 9.59. The summed E-state index contributed by atoms with van der Waals surface area (Å²) in [5.41, 5.74) is 2.57. The minimum absolute atomic E-state index is 0.139. The average molecular weight is 434 g/mol. The smallest absolute Gasteiger partial charge is 0.221 e. The van der Waals surface area contributed by atoms with E-state index in [0.717, 1.165) is 22.1 Å². The fourth-order valence-corrected chi connectivity index (χ4v) is 4.67. The molecule has 1 heterocycles. The van der Waals surface area contributed by atoms with Crippen molar-refractivity contribution in [3.8, 4) is 0 Å². The molecule has 4 aromatic rings. The molecule has 0 aliphatic carbocycles. The van der Waals surface area contributed by atoms with Gasteiger partial charge in [0.2, 0.25) is 5.91 Å².